The molecule has 40 heavy (non-hydrogen) atoms. The Balaban J connectivity index is 1.56. The van der Waals surface area contributed by atoms with Crippen LogP contribution in [0.15, 0.2) is 60.8 Å². The zero-order chi connectivity index (χ0) is 28.1. The van der Waals surface area contributed by atoms with E-state index in [-0.39, 0.29) is 17.7 Å². The number of methoxy groups -OCH3 is 3. The van der Waals surface area contributed by atoms with Crippen LogP contribution in [0, 0.1) is 0 Å². The highest BCUT2D eigenvalue weighted by Gasteiger charge is 2.29. The number of esters is 1. The van der Waals surface area contributed by atoms with Crippen LogP contribution >= 0.6 is 0 Å². The minimum atomic E-state index is -0.574. The molecule has 0 spiro atoms. The number of pyridine rings is 1. The summed E-state index contributed by atoms with van der Waals surface area (Å²) in [5, 5.41) is 6.94. The normalized spacial score (nSPS) is 14.6. The van der Waals surface area contributed by atoms with Crippen LogP contribution in [-0.2, 0) is 22.6 Å². The van der Waals surface area contributed by atoms with Crippen molar-refractivity contribution in [2.45, 2.75) is 32.0 Å². The molecule has 10 heteroatoms. The van der Waals surface area contributed by atoms with Crippen LogP contribution < -0.4 is 20.1 Å². The molecule has 1 saturated heterocycles. The summed E-state index contributed by atoms with van der Waals surface area (Å²) < 4.78 is 23.7. The number of ether oxygens (including phenoxy) is 4. The standard InChI is InChI=1S/C30H32N4O6/c1-37-22-11-12-25(38-2)20(14-22)16-31-21-15-24-26(33-29(35)19-8-5-4-6-9-19)27(30(36)39-3)34(28(24)32-17-21)18-23-10-7-13-40-23/h4-6,8-9,11-12,14-15,17,23,31H,7,10,13,16,18H2,1-3H3,(H,33,35)/t23-/m1/s1. The van der Waals surface area contributed by atoms with Crippen molar-refractivity contribution in [2.75, 3.05) is 38.6 Å². The molecular formula is C30H32N4O6. The maximum Gasteiger partial charge on any atom is 0.356 e. The van der Waals surface area contributed by atoms with Gasteiger partial charge in [0, 0.05) is 29.7 Å². The Labute approximate surface area is 232 Å². The van der Waals surface area contributed by atoms with Crippen LogP contribution in [0.4, 0.5) is 11.4 Å². The summed E-state index contributed by atoms with van der Waals surface area (Å²) in [4.78, 5) is 31.1. The van der Waals surface area contributed by atoms with Crippen molar-refractivity contribution in [3.8, 4) is 11.5 Å². The van der Waals surface area contributed by atoms with E-state index in [2.05, 4.69) is 10.6 Å². The summed E-state index contributed by atoms with van der Waals surface area (Å²) in [6.07, 6.45) is 3.44. The number of anilines is 2. The largest absolute Gasteiger partial charge is 0.497 e. The topological polar surface area (TPSA) is 113 Å². The minimum Gasteiger partial charge on any atom is -0.497 e. The van der Waals surface area contributed by atoms with Crippen LogP contribution in [0.2, 0.25) is 0 Å². The number of fused-ring (bicyclic) bond motifs is 1. The highest BCUT2D eigenvalue weighted by molar-refractivity contribution is 6.14. The summed E-state index contributed by atoms with van der Waals surface area (Å²) in [5.74, 6) is 0.510. The van der Waals surface area contributed by atoms with Crippen LogP contribution in [0.25, 0.3) is 11.0 Å². The highest BCUT2D eigenvalue weighted by atomic mass is 16.5. The number of carbonyl (C=O) groups excluding carboxylic acids is 2. The van der Waals surface area contributed by atoms with Crippen LogP contribution in [-0.4, -0.2) is 55.5 Å². The molecule has 0 saturated carbocycles. The van der Waals surface area contributed by atoms with Gasteiger partial charge in [-0.25, -0.2) is 9.78 Å². The van der Waals surface area contributed by atoms with Gasteiger partial charge in [0.1, 0.15) is 17.1 Å². The van der Waals surface area contributed by atoms with E-state index in [0.717, 1.165) is 18.4 Å². The van der Waals surface area contributed by atoms with E-state index in [9.17, 15) is 9.59 Å². The van der Waals surface area contributed by atoms with Crippen LogP contribution in [0.5, 0.6) is 11.5 Å². The van der Waals surface area contributed by atoms with Gasteiger partial charge in [0.05, 0.1) is 51.5 Å². The first-order chi connectivity index (χ1) is 19.5. The molecule has 0 unspecified atom stereocenters. The molecule has 4 aromatic rings. The zero-order valence-corrected chi connectivity index (χ0v) is 22.7. The summed E-state index contributed by atoms with van der Waals surface area (Å²) in [6, 6.07) is 16.3. The maximum atomic E-state index is 13.2. The van der Waals surface area contributed by atoms with Crippen molar-refractivity contribution >= 4 is 34.3 Å². The van der Waals surface area contributed by atoms with Crippen LogP contribution in [0.1, 0.15) is 39.3 Å². The number of amides is 1. The van der Waals surface area contributed by atoms with E-state index in [1.165, 1.54) is 7.11 Å². The third-order valence-electron chi connectivity index (χ3n) is 6.93. The highest BCUT2D eigenvalue weighted by Crippen LogP contribution is 2.34. The molecule has 0 aliphatic carbocycles. The van der Waals surface area contributed by atoms with Gasteiger partial charge in [0.25, 0.3) is 5.91 Å². The molecule has 10 nitrogen and oxygen atoms in total. The van der Waals surface area contributed by atoms with Crippen molar-refractivity contribution in [1.82, 2.24) is 9.55 Å². The second-order valence-corrected chi connectivity index (χ2v) is 9.41. The molecule has 5 rings (SSSR count). The minimum absolute atomic E-state index is 0.0724. The van der Waals surface area contributed by atoms with E-state index in [1.807, 2.05) is 30.3 Å². The van der Waals surface area contributed by atoms with E-state index in [1.54, 1.807) is 49.2 Å². The Hall–Kier alpha value is -4.57. The van der Waals surface area contributed by atoms with Gasteiger partial charge in [-0.1, -0.05) is 18.2 Å². The fourth-order valence-corrected chi connectivity index (χ4v) is 4.92. The van der Waals surface area contributed by atoms with E-state index >= 15 is 0 Å². The Morgan fingerprint density at radius 1 is 1.07 bits per heavy atom. The fraction of sp³-hybridized carbons (Fsp3) is 0.300. The first-order valence-corrected chi connectivity index (χ1v) is 13.1. The van der Waals surface area contributed by atoms with Gasteiger partial charge in [-0.2, -0.15) is 0 Å². The maximum absolute atomic E-state index is 13.2. The molecule has 0 radical (unpaired) electrons. The Morgan fingerprint density at radius 3 is 2.60 bits per heavy atom. The number of benzene rings is 2. The molecule has 1 atom stereocenters. The fourth-order valence-electron chi connectivity index (χ4n) is 4.92. The number of aromatic nitrogens is 2. The number of nitrogens with zero attached hydrogens (tertiary/aromatic N) is 2. The lowest BCUT2D eigenvalue weighted by Gasteiger charge is -2.14. The molecule has 1 aliphatic heterocycles. The third-order valence-corrected chi connectivity index (χ3v) is 6.93. The summed E-state index contributed by atoms with van der Waals surface area (Å²) >= 11 is 0. The number of hydrogen-bond acceptors (Lipinski definition) is 8. The lowest BCUT2D eigenvalue weighted by atomic mass is 10.1. The predicted octanol–water partition coefficient (Wildman–Crippen LogP) is 4.88. The predicted molar refractivity (Wildman–Crippen MR) is 151 cm³/mol. The molecule has 2 N–H and O–H groups in total. The van der Waals surface area contributed by atoms with Gasteiger partial charge in [-0.15, -0.1) is 0 Å². The Bertz CT molecular complexity index is 1510. The van der Waals surface area contributed by atoms with Crippen molar-refractivity contribution in [2.24, 2.45) is 0 Å². The lowest BCUT2D eigenvalue weighted by molar-refractivity contribution is 0.0580. The molecule has 1 aliphatic rings. The SMILES string of the molecule is COC(=O)c1c(NC(=O)c2ccccc2)c2cc(NCc3cc(OC)ccc3OC)cnc2n1C[C@H]1CCCO1. The first kappa shape index (κ1) is 27.0. The van der Waals surface area contributed by atoms with Crippen molar-refractivity contribution in [3.63, 3.8) is 0 Å². The Kier molecular flexibility index (Phi) is 8.16. The number of nitrogens with one attached hydrogen (secondary N) is 2. The van der Waals surface area contributed by atoms with E-state index in [0.29, 0.717) is 59.2 Å². The van der Waals surface area contributed by atoms with Crippen molar-refractivity contribution in [1.29, 1.82) is 0 Å². The molecule has 208 valence electrons. The monoisotopic (exact) mass is 544 g/mol. The van der Waals surface area contributed by atoms with Crippen molar-refractivity contribution in [3.05, 3.63) is 77.6 Å². The summed E-state index contributed by atoms with van der Waals surface area (Å²) in [7, 11) is 4.55. The molecule has 3 heterocycles. The molecular weight excluding hydrogens is 512 g/mol. The first-order valence-electron chi connectivity index (χ1n) is 13.1. The zero-order valence-electron chi connectivity index (χ0n) is 22.7. The average molecular weight is 545 g/mol. The number of rotatable bonds is 10. The molecule has 0 bridgehead atoms. The van der Waals surface area contributed by atoms with Gasteiger partial charge < -0.3 is 34.1 Å². The molecule has 2 aromatic carbocycles. The van der Waals surface area contributed by atoms with Gasteiger partial charge >= 0.3 is 5.97 Å². The number of hydrogen-bond donors (Lipinski definition) is 2. The van der Waals surface area contributed by atoms with Crippen molar-refractivity contribution < 1.29 is 28.5 Å². The molecule has 2 aromatic heterocycles. The quantitative estimate of drug-likeness (QED) is 0.272. The summed E-state index contributed by atoms with van der Waals surface area (Å²) in [6.45, 7) is 1.51. The number of carbonyl (C=O) groups is 2. The van der Waals surface area contributed by atoms with Gasteiger partial charge in [0.15, 0.2) is 5.69 Å². The molecule has 1 amide bonds. The van der Waals surface area contributed by atoms with E-state index < -0.39 is 5.97 Å². The lowest BCUT2D eigenvalue weighted by Crippen LogP contribution is -2.21. The summed E-state index contributed by atoms with van der Waals surface area (Å²) in [5.41, 5.74) is 3.15. The van der Waals surface area contributed by atoms with Gasteiger partial charge in [0.2, 0.25) is 0 Å². The van der Waals surface area contributed by atoms with Gasteiger partial charge in [-0.3, -0.25) is 4.79 Å². The van der Waals surface area contributed by atoms with Crippen LogP contribution in [0.3, 0.4) is 0 Å². The molecule has 1 fully saturated rings. The second-order valence-electron chi connectivity index (χ2n) is 9.41. The third kappa shape index (κ3) is 5.57. The smallest absolute Gasteiger partial charge is 0.356 e. The second kappa shape index (κ2) is 12.1. The van der Waals surface area contributed by atoms with E-state index in [4.69, 9.17) is 23.9 Å². The Morgan fingerprint density at radius 2 is 1.90 bits per heavy atom. The van der Waals surface area contributed by atoms with Gasteiger partial charge in [-0.05, 0) is 49.2 Å². The average Bonchev–Trinajstić information content (AvgIpc) is 3.62.